The van der Waals surface area contributed by atoms with Gasteiger partial charge in [0.25, 0.3) is 0 Å². The van der Waals surface area contributed by atoms with E-state index in [0.29, 0.717) is 12.8 Å². The van der Waals surface area contributed by atoms with Crippen molar-refractivity contribution in [3.63, 3.8) is 0 Å². The van der Waals surface area contributed by atoms with E-state index in [1.165, 1.54) is 64.2 Å². The van der Waals surface area contributed by atoms with Gasteiger partial charge in [0, 0.05) is 12.8 Å². The van der Waals surface area contributed by atoms with Crippen LogP contribution >= 0.6 is 0 Å². The van der Waals surface area contributed by atoms with Crippen LogP contribution in [0.3, 0.4) is 0 Å². The minimum Gasteiger partial charge on any atom is -0.462 e. The molecule has 0 aliphatic carbocycles. The molecule has 4 unspecified atom stereocenters. The van der Waals surface area contributed by atoms with Crippen molar-refractivity contribution in [1.29, 1.82) is 0 Å². The summed E-state index contributed by atoms with van der Waals surface area (Å²) in [5, 5.41) is 72.0. The predicted molar refractivity (Wildman–Crippen MR) is 247 cm³/mol. The molecule has 0 aromatic carbocycles. The van der Waals surface area contributed by atoms with Crippen LogP contribution in [0.25, 0.3) is 0 Å². The second-order valence-corrected chi connectivity index (χ2v) is 17.3. The number of carbonyl (C=O) groups is 2. The average Bonchev–Trinajstić information content (AvgIpc) is 3.30. The molecule has 11 atom stereocenters. The van der Waals surface area contributed by atoms with Gasteiger partial charge in [0.05, 0.1) is 19.8 Å². The van der Waals surface area contributed by atoms with E-state index in [0.717, 1.165) is 57.8 Å². The van der Waals surface area contributed by atoms with Crippen LogP contribution in [0.2, 0.25) is 0 Å². The van der Waals surface area contributed by atoms with Crippen LogP contribution in [0.4, 0.5) is 0 Å². The fraction of sp³-hybridized carbons (Fsp3) is 0.800. The van der Waals surface area contributed by atoms with Gasteiger partial charge >= 0.3 is 11.9 Å². The molecular formula is C50H86O15. The zero-order valence-corrected chi connectivity index (χ0v) is 39.5. The van der Waals surface area contributed by atoms with Crippen molar-refractivity contribution >= 4 is 11.9 Å². The number of ether oxygens (including phenoxy) is 6. The number of unbranched alkanes of at least 4 members (excludes halogenated alkanes) is 15. The number of carbonyl (C=O) groups excluding carboxylic acids is 2. The topological polar surface area (TPSA) is 231 Å². The minimum absolute atomic E-state index is 0.113. The van der Waals surface area contributed by atoms with Gasteiger partial charge in [0.2, 0.25) is 0 Å². The Morgan fingerprint density at radius 1 is 0.508 bits per heavy atom. The Bertz CT molecular complexity index is 1320. The smallest absolute Gasteiger partial charge is 0.306 e. The maximum absolute atomic E-state index is 13.0. The number of rotatable bonds is 37. The second-order valence-electron chi connectivity index (χ2n) is 17.3. The Morgan fingerprint density at radius 3 is 1.52 bits per heavy atom. The molecule has 2 fully saturated rings. The standard InChI is InChI=1S/C50H86O15/c1-3-5-7-9-11-13-15-17-19-21-23-25-27-29-31-33-42(53)63-38(35-60-41(52)32-30-28-26-24-22-20-18-16-14-12-10-8-6-4-2)36-61-49-48(59)46(57)44(55)40(65-49)37-62-50-47(58)45(56)43(54)39(34-51)64-50/h5,7,11,13,17,19,23,25,38-40,43-51,54-59H,3-4,6,8-10,12,14-16,18,20-22,24,26-37H2,1-2H3/b7-5+,13-11+,19-17+,25-23+/t38-,39-,40-,43+,44+,45?,46?,47?,48?,49-,50-/m1/s1. The van der Waals surface area contributed by atoms with Crippen molar-refractivity contribution < 1.29 is 73.8 Å². The molecule has 0 aromatic heterocycles. The Morgan fingerprint density at radius 2 is 0.969 bits per heavy atom. The van der Waals surface area contributed by atoms with E-state index in [9.17, 15) is 45.3 Å². The van der Waals surface area contributed by atoms with Gasteiger partial charge in [-0.2, -0.15) is 0 Å². The summed E-state index contributed by atoms with van der Waals surface area (Å²) in [5.74, 6) is -0.973. The second kappa shape index (κ2) is 37.4. The van der Waals surface area contributed by atoms with Crippen molar-refractivity contribution in [3.05, 3.63) is 48.6 Å². The first-order chi connectivity index (χ1) is 31.5. The van der Waals surface area contributed by atoms with E-state index in [1.54, 1.807) is 0 Å². The SMILES string of the molecule is CC/C=C/C/C=C/C/C=C/C/C=C/CCCCC(=O)O[C@H](COC(=O)CCCCCCCCCCCCCCCC)CO[C@@H]1O[C@H](CO[C@@H]2O[C@H](CO)[C@H](O)C(O)C2O)[C@H](O)C(O)C1O. The van der Waals surface area contributed by atoms with Crippen LogP contribution in [0.1, 0.15) is 162 Å². The van der Waals surface area contributed by atoms with Crippen molar-refractivity contribution in [2.45, 2.75) is 229 Å². The molecule has 376 valence electrons. The van der Waals surface area contributed by atoms with Crippen molar-refractivity contribution in [3.8, 4) is 0 Å². The maximum Gasteiger partial charge on any atom is 0.306 e. The summed E-state index contributed by atoms with van der Waals surface area (Å²) in [6.07, 6.45) is 22.9. The van der Waals surface area contributed by atoms with Crippen LogP contribution in [-0.2, 0) is 38.0 Å². The van der Waals surface area contributed by atoms with Gasteiger partial charge in [-0.05, 0) is 51.4 Å². The first-order valence-corrected chi connectivity index (χ1v) is 24.7. The lowest BCUT2D eigenvalue weighted by Crippen LogP contribution is -2.61. The first-order valence-electron chi connectivity index (χ1n) is 24.7. The number of esters is 2. The lowest BCUT2D eigenvalue weighted by molar-refractivity contribution is -0.332. The summed E-state index contributed by atoms with van der Waals surface area (Å²) in [6, 6.07) is 0. The van der Waals surface area contributed by atoms with Gasteiger partial charge in [0.1, 0.15) is 55.4 Å². The Hall–Kier alpha value is -2.54. The molecule has 2 rings (SSSR count). The van der Waals surface area contributed by atoms with Gasteiger partial charge in [-0.1, -0.05) is 146 Å². The zero-order chi connectivity index (χ0) is 47.5. The maximum atomic E-state index is 13.0. The highest BCUT2D eigenvalue weighted by Gasteiger charge is 2.47. The van der Waals surface area contributed by atoms with Crippen LogP contribution in [0.15, 0.2) is 48.6 Å². The minimum atomic E-state index is -1.77. The molecule has 2 aliphatic rings. The highest BCUT2D eigenvalue weighted by Crippen LogP contribution is 2.26. The molecule has 7 N–H and O–H groups in total. The summed E-state index contributed by atoms with van der Waals surface area (Å²) >= 11 is 0. The molecule has 0 bridgehead atoms. The Labute approximate surface area is 388 Å². The highest BCUT2D eigenvalue weighted by molar-refractivity contribution is 5.70. The van der Waals surface area contributed by atoms with Crippen LogP contribution < -0.4 is 0 Å². The fourth-order valence-electron chi connectivity index (χ4n) is 7.50. The van der Waals surface area contributed by atoms with Gasteiger partial charge in [-0.3, -0.25) is 9.59 Å². The summed E-state index contributed by atoms with van der Waals surface area (Å²) in [5.41, 5.74) is 0. The van der Waals surface area contributed by atoms with E-state index in [4.69, 9.17) is 28.4 Å². The van der Waals surface area contributed by atoms with Crippen molar-refractivity contribution in [2.75, 3.05) is 26.4 Å². The molecule has 15 heteroatoms. The molecule has 0 amide bonds. The van der Waals surface area contributed by atoms with Crippen molar-refractivity contribution in [1.82, 2.24) is 0 Å². The molecular weight excluding hydrogens is 841 g/mol. The van der Waals surface area contributed by atoms with Gasteiger partial charge in [-0.15, -0.1) is 0 Å². The molecule has 0 spiro atoms. The monoisotopic (exact) mass is 927 g/mol. The first kappa shape index (κ1) is 58.6. The van der Waals surface area contributed by atoms with Crippen molar-refractivity contribution in [2.24, 2.45) is 0 Å². The third-order valence-corrected chi connectivity index (χ3v) is 11.6. The highest BCUT2D eigenvalue weighted by atomic mass is 16.7. The summed E-state index contributed by atoms with van der Waals surface area (Å²) < 4.78 is 33.5. The van der Waals surface area contributed by atoms with E-state index in [2.05, 4.69) is 62.5 Å². The van der Waals surface area contributed by atoms with Crippen LogP contribution in [0.5, 0.6) is 0 Å². The van der Waals surface area contributed by atoms with Gasteiger partial charge in [0.15, 0.2) is 18.7 Å². The van der Waals surface area contributed by atoms with Crippen LogP contribution in [0, 0.1) is 0 Å². The lowest BCUT2D eigenvalue weighted by Gasteiger charge is -2.42. The summed E-state index contributed by atoms with van der Waals surface area (Å²) in [4.78, 5) is 25.7. The molecule has 2 aliphatic heterocycles. The number of hydrogen-bond donors (Lipinski definition) is 7. The molecule has 0 aromatic rings. The number of hydrogen-bond acceptors (Lipinski definition) is 15. The molecule has 2 saturated heterocycles. The molecule has 2 heterocycles. The van der Waals surface area contributed by atoms with Gasteiger partial charge in [-0.25, -0.2) is 0 Å². The lowest BCUT2D eigenvalue weighted by atomic mass is 9.98. The van der Waals surface area contributed by atoms with E-state index >= 15 is 0 Å². The third kappa shape index (κ3) is 26.0. The van der Waals surface area contributed by atoms with Gasteiger partial charge < -0.3 is 64.2 Å². The molecule has 65 heavy (non-hydrogen) atoms. The summed E-state index contributed by atoms with van der Waals surface area (Å²) in [7, 11) is 0. The van der Waals surface area contributed by atoms with E-state index < -0.39 is 99.3 Å². The predicted octanol–water partition coefficient (Wildman–Crippen LogP) is 6.32. The molecule has 0 radical (unpaired) electrons. The average molecular weight is 927 g/mol. The number of allylic oxidation sites excluding steroid dienone is 8. The Kier molecular flexibility index (Phi) is 33.7. The summed E-state index contributed by atoms with van der Waals surface area (Å²) in [6.45, 7) is 2.42. The Balaban J connectivity index is 1.85. The molecule has 15 nitrogen and oxygen atoms in total. The van der Waals surface area contributed by atoms with E-state index in [-0.39, 0.29) is 19.4 Å². The quantitative estimate of drug-likeness (QED) is 0.0205. The van der Waals surface area contributed by atoms with Crippen LogP contribution in [-0.4, -0.2) is 142 Å². The zero-order valence-electron chi connectivity index (χ0n) is 39.5. The third-order valence-electron chi connectivity index (χ3n) is 11.6. The molecule has 0 saturated carbocycles. The number of aliphatic hydroxyl groups excluding tert-OH is 7. The number of aliphatic hydroxyl groups is 7. The normalized spacial score (nSPS) is 26.8. The fourth-order valence-corrected chi connectivity index (χ4v) is 7.50. The largest absolute Gasteiger partial charge is 0.462 e. The van der Waals surface area contributed by atoms with E-state index in [1.807, 2.05) is 0 Å².